The molecule has 43 heavy (non-hydrogen) atoms. The second-order valence-corrected chi connectivity index (χ2v) is 10.9. The molecule has 0 bridgehead atoms. The van der Waals surface area contributed by atoms with E-state index < -0.39 is 29.9 Å². The van der Waals surface area contributed by atoms with Crippen molar-refractivity contribution in [1.82, 2.24) is 9.38 Å². The van der Waals surface area contributed by atoms with E-state index in [1.54, 1.807) is 56.5 Å². The lowest BCUT2D eigenvalue weighted by molar-refractivity contribution is 0.0330. The van der Waals surface area contributed by atoms with Gasteiger partial charge in [-0.2, -0.15) is 0 Å². The molecule has 0 aliphatic heterocycles. The third kappa shape index (κ3) is 5.03. The maximum atomic E-state index is 14.6. The molecule has 0 amide bonds. The molecule has 0 radical (unpaired) electrons. The van der Waals surface area contributed by atoms with E-state index in [4.69, 9.17) is 9.47 Å². The van der Waals surface area contributed by atoms with Gasteiger partial charge in [0.25, 0.3) is 0 Å². The van der Waals surface area contributed by atoms with Crippen molar-refractivity contribution in [2.45, 2.75) is 39.9 Å². The molecule has 214 valence electrons. The normalized spacial score (nSPS) is 11.5. The lowest BCUT2D eigenvalue weighted by atomic mass is 9.99. The summed E-state index contributed by atoms with van der Waals surface area (Å²) < 4.78 is 12.9. The lowest BCUT2D eigenvalue weighted by Crippen LogP contribution is -2.20. The van der Waals surface area contributed by atoms with Crippen molar-refractivity contribution >= 4 is 45.0 Å². The highest BCUT2D eigenvalue weighted by Gasteiger charge is 2.35. The van der Waals surface area contributed by atoms with Crippen LogP contribution in [0.4, 0.5) is 0 Å². The summed E-state index contributed by atoms with van der Waals surface area (Å²) in [7, 11) is 0. The van der Waals surface area contributed by atoms with Gasteiger partial charge in [0.05, 0.1) is 28.8 Å². The predicted molar refractivity (Wildman–Crippen MR) is 167 cm³/mol. The van der Waals surface area contributed by atoms with Crippen molar-refractivity contribution in [2.24, 2.45) is 0 Å². The second-order valence-electron chi connectivity index (χ2n) is 10.9. The van der Waals surface area contributed by atoms with Crippen LogP contribution in [0.25, 0.3) is 38.4 Å². The topological polar surface area (TPSA) is 87.0 Å². The minimum absolute atomic E-state index is 0.0153. The fourth-order valence-corrected chi connectivity index (χ4v) is 5.41. The van der Waals surface area contributed by atoms with Gasteiger partial charge in [-0.15, -0.1) is 0 Å². The highest BCUT2D eigenvalue weighted by Crippen LogP contribution is 2.34. The van der Waals surface area contributed by atoms with E-state index in [-0.39, 0.29) is 16.8 Å². The van der Waals surface area contributed by atoms with E-state index in [9.17, 15) is 14.4 Å². The molecule has 0 saturated heterocycles. The smallest absolute Gasteiger partial charge is 0.341 e. The Morgan fingerprint density at radius 2 is 1.26 bits per heavy atom. The maximum absolute atomic E-state index is 14.6. The number of benzene rings is 3. The Hall–Kier alpha value is -5.30. The number of hydrogen-bond acceptors (Lipinski definition) is 6. The summed E-state index contributed by atoms with van der Waals surface area (Å²) >= 11 is 0. The van der Waals surface area contributed by atoms with Crippen molar-refractivity contribution in [3.63, 3.8) is 0 Å². The van der Waals surface area contributed by atoms with E-state index in [2.05, 4.69) is 4.98 Å². The largest absolute Gasteiger partial charge is 0.459 e. The molecule has 0 N–H and O–H groups in total. The van der Waals surface area contributed by atoms with Gasteiger partial charge in [0, 0.05) is 22.5 Å². The summed E-state index contributed by atoms with van der Waals surface area (Å²) in [5, 5.41) is 1.63. The summed E-state index contributed by atoms with van der Waals surface area (Å²) in [6.07, 6.45) is 0.733. The van der Waals surface area contributed by atoms with Gasteiger partial charge in [-0.1, -0.05) is 78.9 Å². The molecular weight excluding hydrogens is 540 g/mol. The van der Waals surface area contributed by atoms with Crippen LogP contribution in [0.5, 0.6) is 0 Å². The molecule has 0 aliphatic carbocycles. The number of hydrogen-bond donors (Lipinski definition) is 0. The zero-order valence-electron chi connectivity index (χ0n) is 24.3. The molecule has 0 aliphatic rings. The van der Waals surface area contributed by atoms with E-state index in [0.717, 1.165) is 21.9 Å². The highest BCUT2D eigenvalue weighted by atomic mass is 16.5. The highest BCUT2D eigenvalue weighted by molar-refractivity contribution is 6.21. The van der Waals surface area contributed by atoms with Crippen LogP contribution in [0, 0.1) is 0 Å². The Bertz CT molecular complexity index is 2020. The Balaban J connectivity index is 1.69. The van der Waals surface area contributed by atoms with Crippen LogP contribution in [-0.2, 0) is 9.47 Å². The molecule has 0 unspecified atom stereocenters. The predicted octanol–water partition coefficient (Wildman–Crippen LogP) is 7.67. The van der Waals surface area contributed by atoms with Gasteiger partial charge in [-0.05, 0) is 51.0 Å². The SMILES string of the molecule is CC(C)OC(=O)c1c(C(=O)OC(C)C)c2ccc3ccc4cccnc4c3n2c1C(=O)c1ccc(-c2ccccc2)cc1. The third-order valence-electron chi connectivity index (χ3n) is 7.19. The number of aromatic nitrogens is 2. The average molecular weight is 571 g/mol. The first-order chi connectivity index (χ1) is 20.7. The third-order valence-corrected chi connectivity index (χ3v) is 7.19. The number of ketones is 1. The maximum Gasteiger partial charge on any atom is 0.341 e. The molecule has 0 atom stereocenters. The average Bonchev–Trinajstić information content (AvgIpc) is 3.36. The fourth-order valence-electron chi connectivity index (χ4n) is 5.41. The first-order valence-electron chi connectivity index (χ1n) is 14.2. The Kier molecular flexibility index (Phi) is 7.24. The number of carbonyl (C=O) groups is 3. The second kappa shape index (κ2) is 11.2. The van der Waals surface area contributed by atoms with Crippen molar-refractivity contribution in [2.75, 3.05) is 0 Å². The van der Waals surface area contributed by atoms with Gasteiger partial charge in [-0.25, -0.2) is 9.59 Å². The van der Waals surface area contributed by atoms with Crippen LogP contribution in [0.2, 0.25) is 0 Å². The minimum atomic E-state index is -0.778. The van der Waals surface area contributed by atoms with Crippen molar-refractivity contribution < 1.29 is 23.9 Å². The molecule has 6 rings (SSSR count). The zero-order valence-corrected chi connectivity index (χ0v) is 24.3. The number of carbonyl (C=O) groups excluding carboxylic acids is 3. The van der Waals surface area contributed by atoms with Crippen molar-refractivity contribution in [3.8, 4) is 11.1 Å². The van der Waals surface area contributed by atoms with Crippen LogP contribution in [-0.4, -0.2) is 39.3 Å². The fraction of sp³-hybridized carbons (Fsp3) is 0.167. The number of rotatable bonds is 7. The van der Waals surface area contributed by atoms with Gasteiger partial charge in [0.1, 0.15) is 16.8 Å². The first kappa shape index (κ1) is 27.8. The van der Waals surface area contributed by atoms with E-state index >= 15 is 0 Å². The number of nitrogens with zero attached hydrogens (tertiary/aromatic N) is 2. The van der Waals surface area contributed by atoms with Crippen LogP contribution in [0.15, 0.2) is 97.2 Å². The van der Waals surface area contributed by atoms with Gasteiger partial charge < -0.3 is 13.9 Å². The molecule has 0 spiro atoms. The Morgan fingerprint density at radius 3 is 1.93 bits per heavy atom. The molecule has 0 fully saturated rings. The monoisotopic (exact) mass is 570 g/mol. The molecule has 7 nitrogen and oxygen atoms in total. The summed E-state index contributed by atoms with van der Waals surface area (Å²) in [6.45, 7) is 6.90. The standard InChI is InChI=1S/C36H30N2O5/c1-21(2)42-35(40)29-28-19-18-26-15-14-25-11-8-20-37-31(25)32(26)38(28)33(30(29)36(41)43-22(3)4)34(39)27-16-12-24(13-17-27)23-9-6-5-7-10-23/h5-22H,1-4H3. The molecule has 0 saturated carbocycles. The van der Waals surface area contributed by atoms with Crippen molar-refractivity contribution in [3.05, 3.63) is 120 Å². The van der Waals surface area contributed by atoms with Gasteiger partial charge in [0.15, 0.2) is 0 Å². The molecule has 3 aromatic heterocycles. The molecule has 6 aromatic rings. The number of ether oxygens (including phenoxy) is 2. The van der Waals surface area contributed by atoms with Crippen LogP contribution >= 0.6 is 0 Å². The molecule has 3 heterocycles. The van der Waals surface area contributed by atoms with E-state index in [1.165, 1.54) is 0 Å². The number of esters is 2. The Morgan fingerprint density at radius 1 is 0.651 bits per heavy atom. The summed E-state index contributed by atoms with van der Waals surface area (Å²) in [5.41, 5.74) is 3.77. The van der Waals surface area contributed by atoms with Crippen LogP contribution < -0.4 is 0 Å². The quantitative estimate of drug-likeness (QED) is 0.111. The van der Waals surface area contributed by atoms with Crippen LogP contribution in [0.1, 0.15) is 64.5 Å². The van der Waals surface area contributed by atoms with Gasteiger partial charge >= 0.3 is 11.9 Å². The van der Waals surface area contributed by atoms with Gasteiger partial charge in [-0.3, -0.25) is 9.78 Å². The summed E-state index contributed by atoms with van der Waals surface area (Å²) in [5.74, 6) is -1.93. The number of pyridine rings is 2. The minimum Gasteiger partial charge on any atom is -0.459 e. The van der Waals surface area contributed by atoms with E-state index in [1.807, 2.05) is 72.8 Å². The lowest BCUT2D eigenvalue weighted by Gasteiger charge is -2.12. The molecular formula is C36H30N2O5. The molecule has 7 heteroatoms. The summed E-state index contributed by atoms with van der Waals surface area (Å²) in [6, 6.07) is 28.3. The first-order valence-corrected chi connectivity index (χ1v) is 14.2. The summed E-state index contributed by atoms with van der Waals surface area (Å²) in [4.78, 5) is 46.7. The van der Waals surface area contributed by atoms with Crippen LogP contribution in [0.3, 0.4) is 0 Å². The van der Waals surface area contributed by atoms with Crippen molar-refractivity contribution in [1.29, 1.82) is 0 Å². The Labute approximate surface area is 248 Å². The van der Waals surface area contributed by atoms with Gasteiger partial charge in [0.2, 0.25) is 5.78 Å². The zero-order chi connectivity index (χ0) is 30.2. The molecule has 3 aromatic carbocycles. The van der Waals surface area contributed by atoms with E-state index in [0.29, 0.717) is 22.1 Å². The number of fused-ring (bicyclic) bond motifs is 5.